The van der Waals surface area contributed by atoms with Gasteiger partial charge in [0.2, 0.25) is 0 Å². The van der Waals surface area contributed by atoms with Crippen LogP contribution >= 0.6 is 0 Å². The molecule has 0 amide bonds. The van der Waals surface area contributed by atoms with Crippen molar-refractivity contribution in [2.24, 2.45) is 5.16 Å². The number of hydrogen-bond donors (Lipinski definition) is 1. The van der Waals surface area contributed by atoms with Crippen LogP contribution < -0.4 is 4.74 Å². The Morgan fingerprint density at radius 3 is 2.56 bits per heavy atom. The molecule has 1 N–H and O–H groups in total. The second kappa shape index (κ2) is 5.82. The summed E-state index contributed by atoms with van der Waals surface area (Å²) in [5.74, 6) is 0.339. The summed E-state index contributed by atoms with van der Waals surface area (Å²) < 4.78 is 18.3. The molecule has 0 atom stereocenters. The van der Waals surface area contributed by atoms with Gasteiger partial charge in [-0.2, -0.15) is 0 Å². The summed E-state index contributed by atoms with van der Waals surface area (Å²) >= 11 is 0. The van der Waals surface area contributed by atoms with E-state index in [-0.39, 0.29) is 5.82 Å². The summed E-state index contributed by atoms with van der Waals surface area (Å²) in [6.07, 6.45) is 1.31. The van der Waals surface area contributed by atoms with E-state index in [1.807, 2.05) is 12.1 Å². The van der Waals surface area contributed by atoms with Crippen LogP contribution in [0.15, 0.2) is 53.7 Å². The zero-order valence-corrected chi connectivity index (χ0v) is 9.58. The Bertz CT molecular complexity index is 538. The van der Waals surface area contributed by atoms with Gasteiger partial charge in [0, 0.05) is 5.56 Å². The fourth-order valence-electron chi connectivity index (χ4n) is 1.52. The predicted molar refractivity (Wildman–Crippen MR) is 66.6 cm³/mol. The molecule has 0 heterocycles. The first-order chi connectivity index (χ1) is 8.79. The molecule has 0 aromatic heterocycles. The van der Waals surface area contributed by atoms with Gasteiger partial charge < -0.3 is 9.94 Å². The highest BCUT2D eigenvalue weighted by atomic mass is 19.1. The van der Waals surface area contributed by atoms with Crippen molar-refractivity contribution in [2.75, 3.05) is 0 Å². The van der Waals surface area contributed by atoms with Crippen molar-refractivity contribution in [3.8, 4) is 5.75 Å². The summed E-state index contributed by atoms with van der Waals surface area (Å²) in [5.41, 5.74) is 1.55. The number of nitrogens with zero attached hydrogens (tertiary/aromatic N) is 1. The van der Waals surface area contributed by atoms with Gasteiger partial charge in [0.05, 0.1) is 6.21 Å². The average molecular weight is 245 g/mol. The second-order valence-electron chi connectivity index (χ2n) is 3.70. The van der Waals surface area contributed by atoms with E-state index in [1.165, 1.54) is 18.3 Å². The standard InChI is InChI=1S/C14H12FNO2/c15-13-7-5-11(6-8-13)10-18-14-4-2-1-3-12(14)9-16-17/h1-9,17H,10H2/b16-9+. The number of hydrogen-bond acceptors (Lipinski definition) is 3. The fourth-order valence-corrected chi connectivity index (χ4v) is 1.52. The molecule has 2 aromatic carbocycles. The van der Waals surface area contributed by atoms with Crippen LogP contribution in [0.4, 0.5) is 4.39 Å². The lowest BCUT2D eigenvalue weighted by atomic mass is 10.2. The van der Waals surface area contributed by atoms with Gasteiger partial charge in [0.15, 0.2) is 0 Å². The lowest BCUT2D eigenvalue weighted by Gasteiger charge is -2.08. The maximum absolute atomic E-state index is 12.7. The number of ether oxygens (including phenoxy) is 1. The Morgan fingerprint density at radius 1 is 1.11 bits per heavy atom. The fraction of sp³-hybridized carbons (Fsp3) is 0.0714. The molecular weight excluding hydrogens is 233 g/mol. The monoisotopic (exact) mass is 245 g/mol. The van der Waals surface area contributed by atoms with E-state index in [0.717, 1.165) is 5.56 Å². The number of rotatable bonds is 4. The molecule has 0 aliphatic rings. The van der Waals surface area contributed by atoms with Gasteiger partial charge in [-0.05, 0) is 29.8 Å². The summed E-state index contributed by atoms with van der Waals surface area (Å²) in [4.78, 5) is 0. The molecule has 0 fully saturated rings. The summed E-state index contributed by atoms with van der Waals surface area (Å²) in [7, 11) is 0. The molecule has 0 saturated heterocycles. The first-order valence-corrected chi connectivity index (χ1v) is 5.43. The molecule has 0 spiro atoms. The minimum Gasteiger partial charge on any atom is -0.488 e. The Hall–Kier alpha value is -2.36. The number of halogens is 1. The lowest BCUT2D eigenvalue weighted by molar-refractivity contribution is 0.304. The summed E-state index contributed by atoms with van der Waals surface area (Å²) in [6.45, 7) is 0.330. The van der Waals surface area contributed by atoms with Crippen molar-refractivity contribution in [2.45, 2.75) is 6.61 Å². The molecule has 2 aromatic rings. The largest absolute Gasteiger partial charge is 0.488 e. The van der Waals surface area contributed by atoms with E-state index >= 15 is 0 Å². The zero-order valence-electron chi connectivity index (χ0n) is 9.58. The zero-order chi connectivity index (χ0) is 12.8. The molecule has 0 saturated carbocycles. The molecule has 18 heavy (non-hydrogen) atoms. The van der Waals surface area contributed by atoms with E-state index in [2.05, 4.69) is 5.16 Å². The Balaban J connectivity index is 2.08. The number of oxime groups is 1. The highest BCUT2D eigenvalue weighted by molar-refractivity contribution is 5.82. The number of benzene rings is 2. The third-order valence-corrected chi connectivity index (χ3v) is 2.42. The maximum Gasteiger partial charge on any atom is 0.128 e. The van der Waals surface area contributed by atoms with Crippen LogP contribution in [0.5, 0.6) is 5.75 Å². The Labute approximate surface area is 104 Å². The molecule has 0 aliphatic carbocycles. The smallest absolute Gasteiger partial charge is 0.128 e. The number of para-hydroxylation sites is 1. The van der Waals surface area contributed by atoms with Crippen LogP contribution in [0.3, 0.4) is 0 Å². The quantitative estimate of drug-likeness (QED) is 0.510. The van der Waals surface area contributed by atoms with E-state index in [4.69, 9.17) is 9.94 Å². The molecule has 4 heteroatoms. The Morgan fingerprint density at radius 2 is 1.83 bits per heavy atom. The minimum atomic E-state index is -0.272. The van der Waals surface area contributed by atoms with Gasteiger partial charge in [-0.3, -0.25) is 0 Å². The van der Waals surface area contributed by atoms with Gasteiger partial charge in [0.25, 0.3) is 0 Å². The normalized spacial score (nSPS) is 10.7. The molecule has 92 valence electrons. The first kappa shape index (κ1) is 12.1. The molecular formula is C14H12FNO2. The van der Waals surface area contributed by atoms with E-state index in [1.54, 1.807) is 24.3 Å². The van der Waals surface area contributed by atoms with Crippen molar-refractivity contribution in [3.63, 3.8) is 0 Å². The van der Waals surface area contributed by atoms with Crippen molar-refractivity contribution in [3.05, 3.63) is 65.5 Å². The molecule has 2 rings (SSSR count). The van der Waals surface area contributed by atoms with Crippen LogP contribution in [0.25, 0.3) is 0 Å². The van der Waals surface area contributed by atoms with E-state index < -0.39 is 0 Å². The third-order valence-electron chi connectivity index (χ3n) is 2.42. The van der Waals surface area contributed by atoms with Gasteiger partial charge >= 0.3 is 0 Å². The van der Waals surface area contributed by atoms with Crippen LogP contribution in [0.1, 0.15) is 11.1 Å². The molecule has 0 radical (unpaired) electrons. The predicted octanol–water partition coefficient (Wildman–Crippen LogP) is 3.21. The SMILES string of the molecule is O/N=C/c1ccccc1OCc1ccc(F)cc1. The van der Waals surface area contributed by atoms with Crippen molar-refractivity contribution in [1.29, 1.82) is 0 Å². The molecule has 3 nitrogen and oxygen atoms in total. The summed E-state index contributed by atoms with van der Waals surface area (Å²) in [5, 5.41) is 11.5. The Kier molecular flexibility index (Phi) is 3.91. The van der Waals surface area contributed by atoms with Crippen LogP contribution in [0.2, 0.25) is 0 Å². The van der Waals surface area contributed by atoms with Crippen LogP contribution in [0, 0.1) is 5.82 Å². The first-order valence-electron chi connectivity index (χ1n) is 5.43. The molecule has 0 aliphatic heterocycles. The maximum atomic E-state index is 12.7. The molecule has 0 bridgehead atoms. The van der Waals surface area contributed by atoms with Gasteiger partial charge in [-0.25, -0.2) is 4.39 Å². The highest BCUT2D eigenvalue weighted by Crippen LogP contribution is 2.17. The van der Waals surface area contributed by atoms with Crippen molar-refractivity contribution in [1.82, 2.24) is 0 Å². The van der Waals surface area contributed by atoms with E-state index in [0.29, 0.717) is 17.9 Å². The lowest BCUT2D eigenvalue weighted by Crippen LogP contribution is -1.98. The second-order valence-corrected chi connectivity index (χ2v) is 3.70. The third kappa shape index (κ3) is 3.07. The topological polar surface area (TPSA) is 41.8 Å². The minimum absolute atomic E-state index is 0.272. The van der Waals surface area contributed by atoms with Gasteiger partial charge in [-0.15, -0.1) is 0 Å². The average Bonchev–Trinajstić information content (AvgIpc) is 2.40. The van der Waals surface area contributed by atoms with Crippen molar-refractivity contribution < 1.29 is 14.3 Å². The van der Waals surface area contributed by atoms with Crippen LogP contribution in [-0.4, -0.2) is 11.4 Å². The van der Waals surface area contributed by atoms with Gasteiger partial charge in [0.1, 0.15) is 18.2 Å². The van der Waals surface area contributed by atoms with E-state index in [9.17, 15) is 4.39 Å². The summed E-state index contributed by atoms with van der Waals surface area (Å²) in [6, 6.07) is 13.3. The van der Waals surface area contributed by atoms with Crippen LogP contribution in [-0.2, 0) is 6.61 Å². The van der Waals surface area contributed by atoms with Crippen molar-refractivity contribution >= 4 is 6.21 Å². The van der Waals surface area contributed by atoms with Gasteiger partial charge in [-0.1, -0.05) is 29.4 Å². The molecule has 0 unspecified atom stereocenters. The highest BCUT2D eigenvalue weighted by Gasteiger charge is 2.01.